The van der Waals surface area contributed by atoms with E-state index in [0.717, 1.165) is 15.6 Å². The number of halogens is 1. The van der Waals surface area contributed by atoms with Crippen molar-refractivity contribution in [3.8, 4) is 22.3 Å². The minimum atomic E-state index is 0.0164. The highest BCUT2D eigenvalue weighted by atomic mass is 79.9. The lowest BCUT2D eigenvalue weighted by Crippen LogP contribution is -2.01. The highest BCUT2D eigenvalue weighted by Crippen LogP contribution is 2.43. The molecule has 1 nitrogen and oxygen atoms in total. The number of carbonyl (C=O) groups is 1. The Labute approximate surface area is 212 Å². The van der Waals surface area contributed by atoms with E-state index in [0.29, 0.717) is 11.1 Å². The van der Waals surface area contributed by atoms with Crippen molar-refractivity contribution < 1.29 is 4.79 Å². The third-order valence-electron chi connectivity index (χ3n) is 6.49. The first-order valence-corrected chi connectivity index (χ1v) is 12.4. The number of ketones is 1. The Morgan fingerprint density at radius 1 is 0.457 bits per heavy atom. The first-order chi connectivity index (χ1) is 17.2. The van der Waals surface area contributed by atoms with Gasteiger partial charge in [-0.1, -0.05) is 125 Å². The van der Waals surface area contributed by atoms with Gasteiger partial charge in [0.1, 0.15) is 0 Å². The Balaban J connectivity index is 1.63. The Morgan fingerprint density at radius 3 is 1.49 bits per heavy atom. The third-order valence-corrected chi connectivity index (χ3v) is 6.99. The van der Waals surface area contributed by atoms with Gasteiger partial charge in [-0.25, -0.2) is 0 Å². The van der Waals surface area contributed by atoms with Gasteiger partial charge in [-0.2, -0.15) is 0 Å². The molecule has 0 radical (unpaired) electrons. The quantitative estimate of drug-likeness (QED) is 0.170. The maximum atomic E-state index is 13.3. The monoisotopic (exact) mass is 512 g/mol. The summed E-state index contributed by atoms with van der Waals surface area (Å²) in [7, 11) is 0. The van der Waals surface area contributed by atoms with Crippen LogP contribution in [-0.2, 0) is 0 Å². The fraction of sp³-hybridized carbons (Fsp3) is 0. The molecular weight excluding hydrogens is 492 g/mol. The molecule has 0 aromatic heterocycles. The van der Waals surface area contributed by atoms with Gasteiger partial charge < -0.3 is 0 Å². The minimum Gasteiger partial charge on any atom is -0.289 e. The van der Waals surface area contributed by atoms with Gasteiger partial charge in [0.25, 0.3) is 0 Å². The summed E-state index contributed by atoms with van der Waals surface area (Å²) in [6.07, 6.45) is 0. The summed E-state index contributed by atoms with van der Waals surface area (Å²) in [5.41, 5.74) is 5.98. The van der Waals surface area contributed by atoms with Gasteiger partial charge in [0, 0.05) is 15.6 Å². The summed E-state index contributed by atoms with van der Waals surface area (Å²) in [5, 5.41) is 4.77. The van der Waals surface area contributed by atoms with E-state index in [-0.39, 0.29) is 5.78 Å². The van der Waals surface area contributed by atoms with Gasteiger partial charge in [0.2, 0.25) is 0 Å². The highest BCUT2D eigenvalue weighted by molar-refractivity contribution is 9.10. The summed E-state index contributed by atoms with van der Waals surface area (Å²) in [6, 6.07) is 43.3. The molecule has 0 spiro atoms. The van der Waals surface area contributed by atoms with Crippen molar-refractivity contribution in [2.45, 2.75) is 0 Å². The lowest BCUT2D eigenvalue weighted by atomic mass is 9.85. The molecule has 35 heavy (non-hydrogen) atoms. The van der Waals surface area contributed by atoms with Crippen molar-refractivity contribution >= 4 is 43.3 Å². The average Bonchev–Trinajstić information content (AvgIpc) is 2.91. The Bertz CT molecular complexity index is 1660. The summed E-state index contributed by atoms with van der Waals surface area (Å²) in [6.45, 7) is 0. The summed E-state index contributed by atoms with van der Waals surface area (Å²) in [4.78, 5) is 13.3. The molecule has 0 saturated carbocycles. The third kappa shape index (κ3) is 3.86. The van der Waals surface area contributed by atoms with Crippen LogP contribution in [0.1, 0.15) is 15.9 Å². The van der Waals surface area contributed by atoms with E-state index >= 15 is 0 Å². The Morgan fingerprint density at radius 2 is 0.914 bits per heavy atom. The predicted octanol–water partition coefficient (Wildman–Crippen LogP) is 9.32. The van der Waals surface area contributed by atoms with Crippen LogP contribution in [0.4, 0.5) is 0 Å². The van der Waals surface area contributed by atoms with Gasteiger partial charge in [-0.05, 0) is 62.0 Å². The molecule has 0 aliphatic rings. The zero-order chi connectivity index (χ0) is 23.8. The van der Waals surface area contributed by atoms with Crippen molar-refractivity contribution in [1.82, 2.24) is 0 Å². The Kier molecular flexibility index (Phi) is 5.52. The molecule has 0 amide bonds. The van der Waals surface area contributed by atoms with E-state index in [2.05, 4.69) is 101 Å². The predicted molar refractivity (Wildman–Crippen MR) is 150 cm³/mol. The summed E-state index contributed by atoms with van der Waals surface area (Å²) >= 11 is 3.48. The number of hydrogen-bond donors (Lipinski definition) is 0. The molecule has 0 atom stereocenters. The van der Waals surface area contributed by atoms with Crippen LogP contribution in [0.3, 0.4) is 0 Å². The Hall–Kier alpha value is -4.01. The second-order valence-electron chi connectivity index (χ2n) is 8.63. The fourth-order valence-corrected chi connectivity index (χ4v) is 5.37. The van der Waals surface area contributed by atoms with Gasteiger partial charge in [-0.15, -0.1) is 0 Å². The van der Waals surface area contributed by atoms with Gasteiger partial charge in [-0.3, -0.25) is 4.79 Å². The van der Waals surface area contributed by atoms with E-state index in [1.165, 1.54) is 32.7 Å². The lowest BCUT2D eigenvalue weighted by molar-refractivity contribution is 0.103. The molecule has 0 heterocycles. The topological polar surface area (TPSA) is 17.1 Å². The van der Waals surface area contributed by atoms with Crippen LogP contribution in [0.15, 0.2) is 132 Å². The molecule has 0 unspecified atom stereocenters. The molecule has 0 fully saturated rings. The number of carbonyl (C=O) groups excluding carboxylic acids is 1. The van der Waals surface area contributed by atoms with Crippen LogP contribution in [0.5, 0.6) is 0 Å². The van der Waals surface area contributed by atoms with E-state index in [1.54, 1.807) is 0 Å². The number of benzene rings is 6. The van der Waals surface area contributed by atoms with Gasteiger partial charge >= 0.3 is 0 Å². The molecule has 6 rings (SSSR count). The largest absolute Gasteiger partial charge is 0.289 e. The van der Waals surface area contributed by atoms with Crippen LogP contribution in [-0.4, -0.2) is 5.78 Å². The number of hydrogen-bond acceptors (Lipinski definition) is 1. The van der Waals surface area contributed by atoms with E-state index in [1.807, 2.05) is 42.5 Å². The molecule has 0 aliphatic heterocycles. The van der Waals surface area contributed by atoms with Crippen molar-refractivity contribution in [3.63, 3.8) is 0 Å². The second kappa shape index (κ2) is 8.98. The van der Waals surface area contributed by atoms with Crippen LogP contribution in [0, 0.1) is 0 Å². The zero-order valence-electron chi connectivity index (χ0n) is 18.9. The normalized spacial score (nSPS) is 11.1. The van der Waals surface area contributed by atoms with Gasteiger partial charge in [0.05, 0.1) is 0 Å². The maximum absolute atomic E-state index is 13.3. The smallest absolute Gasteiger partial charge is 0.193 e. The molecule has 0 bridgehead atoms. The van der Waals surface area contributed by atoms with Crippen molar-refractivity contribution in [3.05, 3.63) is 143 Å². The second-order valence-corrected chi connectivity index (χ2v) is 9.54. The van der Waals surface area contributed by atoms with Crippen LogP contribution in [0.25, 0.3) is 43.8 Å². The first kappa shape index (κ1) is 21.5. The molecule has 6 aromatic rings. The number of rotatable bonds is 4. The maximum Gasteiger partial charge on any atom is 0.193 e. The molecule has 166 valence electrons. The van der Waals surface area contributed by atoms with E-state index < -0.39 is 0 Å². The van der Waals surface area contributed by atoms with E-state index in [9.17, 15) is 4.79 Å². The first-order valence-electron chi connectivity index (χ1n) is 11.6. The fourth-order valence-electron chi connectivity index (χ4n) is 4.97. The van der Waals surface area contributed by atoms with Crippen LogP contribution >= 0.6 is 15.9 Å². The van der Waals surface area contributed by atoms with Gasteiger partial charge in [0.15, 0.2) is 5.78 Å². The molecule has 0 saturated heterocycles. The van der Waals surface area contributed by atoms with Crippen molar-refractivity contribution in [2.24, 2.45) is 0 Å². The molecule has 0 N–H and O–H groups in total. The van der Waals surface area contributed by atoms with Crippen LogP contribution < -0.4 is 0 Å². The standard InChI is InChI=1S/C33H21BrO/c34-26-15-9-14-25(21-26)33(35)24-13-8-12-23(20-24)32-29-18-6-4-16-27(29)31(22-10-2-1-3-11-22)28-17-5-7-19-30(28)32/h1-21H. The van der Waals surface area contributed by atoms with E-state index in [4.69, 9.17) is 0 Å². The SMILES string of the molecule is O=C(c1cccc(Br)c1)c1cccc(-c2c3ccccc3c(-c3ccccc3)c3ccccc23)c1. The van der Waals surface area contributed by atoms with Crippen molar-refractivity contribution in [2.75, 3.05) is 0 Å². The van der Waals surface area contributed by atoms with Crippen LogP contribution in [0.2, 0.25) is 0 Å². The summed E-state index contributed by atoms with van der Waals surface area (Å²) in [5.74, 6) is 0.0164. The molecular formula is C33H21BrO. The zero-order valence-corrected chi connectivity index (χ0v) is 20.5. The molecule has 0 aliphatic carbocycles. The average molecular weight is 513 g/mol. The minimum absolute atomic E-state index is 0.0164. The molecule has 6 aromatic carbocycles. The highest BCUT2D eigenvalue weighted by Gasteiger charge is 2.17. The molecule has 2 heteroatoms. The number of fused-ring (bicyclic) bond motifs is 2. The van der Waals surface area contributed by atoms with Crippen molar-refractivity contribution in [1.29, 1.82) is 0 Å². The summed E-state index contributed by atoms with van der Waals surface area (Å²) < 4.78 is 0.896. The lowest BCUT2D eigenvalue weighted by Gasteiger charge is -2.18.